The molecule has 0 aromatic heterocycles. The molecule has 1 aromatic carbocycles. The fourth-order valence-corrected chi connectivity index (χ4v) is 3.29. The molecule has 0 bridgehead atoms. The van der Waals surface area contributed by atoms with Crippen molar-refractivity contribution in [1.29, 1.82) is 0 Å². The topological polar surface area (TPSA) is 41.3 Å². The highest BCUT2D eigenvalue weighted by molar-refractivity contribution is 7.80. The summed E-state index contributed by atoms with van der Waals surface area (Å²) in [5, 5.41) is 4.09. The molecule has 3 N–H and O–H groups in total. The Morgan fingerprint density at radius 2 is 2.10 bits per heavy atom. The molecule has 1 aromatic rings. The second kappa shape index (κ2) is 7.25. The normalized spacial score (nSPS) is 17.7. The van der Waals surface area contributed by atoms with E-state index in [4.69, 9.17) is 29.6 Å². The third kappa shape index (κ3) is 4.08. The van der Waals surface area contributed by atoms with Gasteiger partial charge in [0.2, 0.25) is 0 Å². The molecule has 20 heavy (non-hydrogen) atoms. The molecular weight excluding hydrogens is 290 g/mol. The molecular formula is C15H22ClN3S. The van der Waals surface area contributed by atoms with Crippen LogP contribution >= 0.6 is 23.8 Å². The van der Waals surface area contributed by atoms with E-state index in [-0.39, 0.29) is 0 Å². The lowest BCUT2D eigenvalue weighted by molar-refractivity contribution is 0.223. The van der Waals surface area contributed by atoms with Crippen molar-refractivity contribution in [2.75, 3.05) is 25.0 Å². The Balaban J connectivity index is 2.01. The van der Waals surface area contributed by atoms with Gasteiger partial charge in [0, 0.05) is 18.3 Å². The van der Waals surface area contributed by atoms with Crippen molar-refractivity contribution in [3.8, 4) is 0 Å². The average Bonchev–Trinajstić information content (AvgIpc) is 2.39. The molecule has 3 nitrogen and oxygen atoms in total. The number of hydrogen-bond acceptors (Lipinski definition) is 3. The fourth-order valence-electron chi connectivity index (χ4n) is 2.74. The number of rotatable bonds is 5. The van der Waals surface area contributed by atoms with E-state index >= 15 is 0 Å². The van der Waals surface area contributed by atoms with Crippen LogP contribution in [-0.4, -0.2) is 35.6 Å². The fraction of sp³-hybridized carbons (Fsp3) is 0.533. The first-order valence-corrected chi connectivity index (χ1v) is 7.93. The molecule has 1 fully saturated rings. The van der Waals surface area contributed by atoms with Crippen LogP contribution in [0.15, 0.2) is 18.2 Å². The monoisotopic (exact) mass is 311 g/mol. The Morgan fingerprint density at radius 1 is 1.40 bits per heavy atom. The van der Waals surface area contributed by atoms with Crippen LogP contribution in [0.4, 0.5) is 5.69 Å². The number of hydrogen-bond donors (Lipinski definition) is 2. The van der Waals surface area contributed by atoms with Crippen molar-refractivity contribution in [3.63, 3.8) is 0 Å². The van der Waals surface area contributed by atoms with Crippen LogP contribution in [-0.2, 0) is 0 Å². The van der Waals surface area contributed by atoms with Crippen molar-refractivity contribution >= 4 is 34.5 Å². The number of likely N-dealkylation sites (tertiary alicyclic amines) is 1. The molecule has 1 atom stereocenters. The highest BCUT2D eigenvalue weighted by Gasteiger charge is 2.15. The quantitative estimate of drug-likeness (QED) is 0.819. The summed E-state index contributed by atoms with van der Waals surface area (Å²) in [4.78, 5) is 2.84. The molecule has 0 aliphatic carbocycles. The van der Waals surface area contributed by atoms with Crippen LogP contribution in [0.2, 0.25) is 5.02 Å². The van der Waals surface area contributed by atoms with E-state index in [1.807, 2.05) is 18.2 Å². The predicted molar refractivity (Wildman–Crippen MR) is 90.7 cm³/mol. The summed E-state index contributed by atoms with van der Waals surface area (Å²) in [5.74, 6) is 0. The smallest absolute Gasteiger partial charge is 0.107 e. The third-order valence-corrected chi connectivity index (χ3v) is 4.16. The van der Waals surface area contributed by atoms with Gasteiger partial charge in [-0.25, -0.2) is 0 Å². The Kier molecular flexibility index (Phi) is 5.64. The van der Waals surface area contributed by atoms with Crippen LogP contribution in [0.3, 0.4) is 0 Å². The summed E-state index contributed by atoms with van der Waals surface area (Å²) >= 11 is 11.3. The molecule has 1 aliphatic rings. The minimum Gasteiger partial charge on any atom is -0.389 e. The molecule has 1 heterocycles. The van der Waals surface area contributed by atoms with Gasteiger partial charge in [0.15, 0.2) is 0 Å². The Bertz CT molecular complexity index is 472. The molecule has 5 heteroatoms. The van der Waals surface area contributed by atoms with Crippen LogP contribution in [0.1, 0.15) is 31.7 Å². The second-order valence-corrected chi connectivity index (χ2v) is 6.28. The summed E-state index contributed by atoms with van der Waals surface area (Å²) in [6.07, 6.45) is 3.97. The van der Waals surface area contributed by atoms with Crippen molar-refractivity contribution in [3.05, 3.63) is 28.8 Å². The van der Waals surface area contributed by atoms with E-state index in [1.54, 1.807) is 0 Å². The van der Waals surface area contributed by atoms with E-state index in [2.05, 4.69) is 17.1 Å². The molecule has 0 spiro atoms. The number of piperidine rings is 1. The molecule has 110 valence electrons. The van der Waals surface area contributed by atoms with Crippen LogP contribution in [0, 0.1) is 0 Å². The Labute approximate surface area is 131 Å². The van der Waals surface area contributed by atoms with E-state index in [9.17, 15) is 0 Å². The van der Waals surface area contributed by atoms with Gasteiger partial charge < -0.3 is 16.0 Å². The van der Waals surface area contributed by atoms with E-state index < -0.39 is 0 Å². The maximum Gasteiger partial charge on any atom is 0.107 e. The summed E-state index contributed by atoms with van der Waals surface area (Å²) in [6, 6.07) is 6.04. The highest BCUT2D eigenvalue weighted by atomic mass is 35.5. The van der Waals surface area contributed by atoms with Gasteiger partial charge in [0.25, 0.3) is 0 Å². The van der Waals surface area contributed by atoms with E-state index in [1.165, 1.54) is 32.4 Å². The van der Waals surface area contributed by atoms with E-state index in [0.29, 0.717) is 16.1 Å². The van der Waals surface area contributed by atoms with E-state index in [0.717, 1.165) is 17.8 Å². The molecule has 0 amide bonds. The van der Waals surface area contributed by atoms with Gasteiger partial charge in [0.05, 0.1) is 10.6 Å². The predicted octanol–water partition coefficient (Wildman–Crippen LogP) is 3.26. The first-order valence-electron chi connectivity index (χ1n) is 7.15. The van der Waals surface area contributed by atoms with Crippen molar-refractivity contribution in [1.82, 2.24) is 4.90 Å². The van der Waals surface area contributed by atoms with Crippen molar-refractivity contribution < 1.29 is 0 Å². The lowest BCUT2D eigenvalue weighted by atomic mass is 10.1. The maximum atomic E-state index is 6.18. The summed E-state index contributed by atoms with van der Waals surface area (Å²) < 4.78 is 0. The molecule has 1 unspecified atom stereocenters. The minimum absolute atomic E-state index is 0.333. The standard InChI is InChI=1S/C15H22ClN3S/c1-11(10-19-8-3-2-4-9-19)18-13-7-5-6-12(16)14(13)15(17)20/h5-7,11,18H,2-4,8-10H2,1H3,(H2,17,20). The molecule has 1 saturated heterocycles. The summed E-state index contributed by atoms with van der Waals surface area (Å²) in [6.45, 7) is 5.61. The highest BCUT2D eigenvalue weighted by Crippen LogP contribution is 2.25. The zero-order valence-electron chi connectivity index (χ0n) is 11.9. The number of nitrogens with one attached hydrogen (secondary N) is 1. The van der Waals surface area contributed by atoms with Gasteiger partial charge in [-0.2, -0.15) is 0 Å². The van der Waals surface area contributed by atoms with Gasteiger partial charge in [-0.15, -0.1) is 0 Å². The summed E-state index contributed by atoms with van der Waals surface area (Å²) in [7, 11) is 0. The number of nitrogens with two attached hydrogens (primary N) is 1. The van der Waals surface area contributed by atoms with Crippen LogP contribution in [0.25, 0.3) is 0 Å². The van der Waals surface area contributed by atoms with Crippen molar-refractivity contribution in [2.45, 2.75) is 32.2 Å². The maximum absolute atomic E-state index is 6.18. The van der Waals surface area contributed by atoms with Gasteiger partial charge in [-0.1, -0.05) is 36.3 Å². The van der Waals surface area contributed by atoms with Gasteiger partial charge in [0.1, 0.15) is 4.99 Å². The largest absolute Gasteiger partial charge is 0.389 e. The number of halogens is 1. The zero-order chi connectivity index (χ0) is 14.5. The van der Waals surface area contributed by atoms with Crippen LogP contribution < -0.4 is 11.1 Å². The van der Waals surface area contributed by atoms with Gasteiger partial charge in [-0.05, 0) is 45.0 Å². The lowest BCUT2D eigenvalue weighted by Gasteiger charge is -2.30. The zero-order valence-corrected chi connectivity index (χ0v) is 13.4. The Morgan fingerprint density at radius 3 is 2.75 bits per heavy atom. The third-order valence-electron chi connectivity index (χ3n) is 3.64. The van der Waals surface area contributed by atoms with Gasteiger partial charge >= 0.3 is 0 Å². The van der Waals surface area contributed by atoms with Crippen molar-refractivity contribution in [2.24, 2.45) is 5.73 Å². The molecule has 0 radical (unpaired) electrons. The number of thiocarbonyl (C=S) groups is 1. The number of anilines is 1. The van der Waals surface area contributed by atoms with Gasteiger partial charge in [-0.3, -0.25) is 0 Å². The number of benzene rings is 1. The first kappa shape index (κ1) is 15.5. The second-order valence-electron chi connectivity index (χ2n) is 5.43. The molecule has 1 aliphatic heterocycles. The van der Waals surface area contributed by atoms with Crippen LogP contribution in [0.5, 0.6) is 0 Å². The molecule has 2 rings (SSSR count). The first-order chi connectivity index (χ1) is 9.58. The average molecular weight is 312 g/mol. The minimum atomic E-state index is 0.333. The molecule has 0 saturated carbocycles. The SMILES string of the molecule is CC(CN1CCCCC1)Nc1cccc(Cl)c1C(N)=S. The Hall–Kier alpha value is -0.840. The lowest BCUT2D eigenvalue weighted by Crippen LogP contribution is -2.38. The number of nitrogens with zero attached hydrogens (tertiary/aromatic N) is 1. The summed E-state index contributed by atoms with van der Waals surface area (Å²) in [5.41, 5.74) is 7.44.